The van der Waals surface area contributed by atoms with Crippen LogP contribution in [0.25, 0.3) is 0 Å². The van der Waals surface area contributed by atoms with Crippen LogP contribution in [0.15, 0.2) is 54.6 Å². The third-order valence-corrected chi connectivity index (χ3v) is 4.72. The van der Waals surface area contributed by atoms with Crippen molar-refractivity contribution < 1.29 is 19.4 Å². The Hall–Kier alpha value is -3.02. The molecule has 3 rings (SSSR count). The summed E-state index contributed by atoms with van der Waals surface area (Å²) in [6.07, 6.45) is 1.02. The summed E-state index contributed by atoms with van der Waals surface area (Å²) in [5, 5.41) is 11.9. The van der Waals surface area contributed by atoms with Crippen LogP contribution in [0, 0.1) is 5.92 Å². The third kappa shape index (κ3) is 5.48. The normalized spacial score (nSPS) is 14.6. The standard InChI is InChI=1S/C21H24N2O4/c24-20(25)18-9-11-23(12-10-18)21(26)22-14-16-5-4-6-17(13-16)15-27-19-7-2-1-3-8-19/h1-8,13,18H,9-12,14-15H2,(H,22,26)(H,24,25). The Morgan fingerprint density at radius 2 is 1.74 bits per heavy atom. The van der Waals surface area contributed by atoms with Gasteiger partial charge in [0.05, 0.1) is 5.92 Å². The minimum absolute atomic E-state index is 0.148. The van der Waals surface area contributed by atoms with Gasteiger partial charge in [-0.15, -0.1) is 0 Å². The van der Waals surface area contributed by atoms with Crippen LogP contribution < -0.4 is 10.1 Å². The Morgan fingerprint density at radius 3 is 2.44 bits per heavy atom. The number of rotatable bonds is 6. The fourth-order valence-electron chi connectivity index (χ4n) is 3.13. The van der Waals surface area contributed by atoms with Crippen molar-refractivity contribution in [3.8, 4) is 5.75 Å². The highest BCUT2D eigenvalue weighted by Gasteiger charge is 2.26. The highest BCUT2D eigenvalue weighted by atomic mass is 16.5. The summed E-state index contributed by atoms with van der Waals surface area (Å²) in [5.41, 5.74) is 2.03. The molecular weight excluding hydrogens is 344 g/mol. The number of hydrogen-bond donors (Lipinski definition) is 2. The van der Waals surface area contributed by atoms with E-state index in [2.05, 4.69) is 5.32 Å². The molecule has 0 aliphatic carbocycles. The van der Waals surface area contributed by atoms with Crippen molar-refractivity contribution in [1.82, 2.24) is 10.2 Å². The number of carboxylic acids is 1. The van der Waals surface area contributed by atoms with E-state index in [9.17, 15) is 9.59 Å². The van der Waals surface area contributed by atoms with Crippen LogP contribution in [-0.2, 0) is 17.9 Å². The van der Waals surface area contributed by atoms with E-state index in [-0.39, 0.29) is 11.9 Å². The molecule has 1 heterocycles. The zero-order valence-corrected chi connectivity index (χ0v) is 15.1. The first kappa shape index (κ1) is 18.8. The Bertz CT molecular complexity index is 771. The van der Waals surface area contributed by atoms with E-state index in [1.165, 1.54) is 0 Å². The van der Waals surface area contributed by atoms with E-state index in [1.807, 2.05) is 54.6 Å². The molecule has 0 aromatic heterocycles. The van der Waals surface area contributed by atoms with Gasteiger partial charge < -0.3 is 20.1 Å². The number of para-hydroxylation sites is 1. The minimum atomic E-state index is -0.774. The fourth-order valence-corrected chi connectivity index (χ4v) is 3.13. The molecule has 0 bridgehead atoms. The van der Waals surface area contributed by atoms with Crippen LogP contribution in [0.5, 0.6) is 5.75 Å². The van der Waals surface area contributed by atoms with Crippen molar-refractivity contribution in [3.63, 3.8) is 0 Å². The molecule has 6 heteroatoms. The first-order valence-electron chi connectivity index (χ1n) is 9.13. The van der Waals surface area contributed by atoms with Gasteiger partial charge in [-0.25, -0.2) is 4.79 Å². The van der Waals surface area contributed by atoms with Gasteiger partial charge in [0.1, 0.15) is 12.4 Å². The lowest BCUT2D eigenvalue weighted by molar-refractivity contribution is -0.143. The van der Waals surface area contributed by atoms with E-state index in [0.29, 0.717) is 39.1 Å². The molecule has 2 aromatic rings. The summed E-state index contributed by atoms with van der Waals surface area (Å²) in [5.74, 6) is -0.291. The van der Waals surface area contributed by atoms with Crippen LogP contribution in [0.3, 0.4) is 0 Å². The number of ether oxygens (including phenoxy) is 1. The molecule has 0 radical (unpaired) electrons. The number of likely N-dealkylation sites (tertiary alicyclic amines) is 1. The van der Waals surface area contributed by atoms with E-state index in [4.69, 9.17) is 9.84 Å². The molecule has 0 spiro atoms. The van der Waals surface area contributed by atoms with Gasteiger partial charge in [0.2, 0.25) is 0 Å². The number of benzene rings is 2. The van der Waals surface area contributed by atoms with Gasteiger partial charge in [-0.3, -0.25) is 4.79 Å². The molecule has 27 heavy (non-hydrogen) atoms. The molecule has 2 amide bonds. The monoisotopic (exact) mass is 368 g/mol. The molecule has 0 unspecified atom stereocenters. The smallest absolute Gasteiger partial charge is 0.317 e. The first-order chi connectivity index (χ1) is 13.1. The Morgan fingerprint density at radius 1 is 1.04 bits per heavy atom. The first-order valence-corrected chi connectivity index (χ1v) is 9.13. The highest BCUT2D eigenvalue weighted by molar-refractivity contribution is 5.75. The molecular formula is C21H24N2O4. The molecule has 142 valence electrons. The SMILES string of the molecule is O=C(O)C1CCN(C(=O)NCc2cccc(COc3ccccc3)c2)CC1. The summed E-state index contributed by atoms with van der Waals surface area (Å²) < 4.78 is 5.75. The van der Waals surface area contributed by atoms with Crippen molar-refractivity contribution in [3.05, 3.63) is 65.7 Å². The quantitative estimate of drug-likeness (QED) is 0.820. The summed E-state index contributed by atoms with van der Waals surface area (Å²) in [6.45, 7) is 1.85. The second-order valence-electron chi connectivity index (χ2n) is 6.68. The summed E-state index contributed by atoms with van der Waals surface area (Å²) in [7, 11) is 0. The second-order valence-corrected chi connectivity index (χ2v) is 6.68. The van der Waals surface area contributed by atoms with E-state index < -0.39 is 5.97 Å². The zero-order chi connectivity index (χ0) is 19.1. The van der Waals surface area contributed by atoms with Gasteiger partial charge >= 0.3 is 12.0 Å². The van der Waals surface area contributed by atoms with E-state index in [1.54, 1.807) is 4.90 Å². The highest BCUT2D eigenvalue weighted by Crippen LogP contribution is 2.17. The van der Waals surface area contributed by atoms with Gasteiger partial charge in [0.25, 0.3) is 0 Å². The number of carbonyl (C=O) groups is 2. The van der Waals surface area contributed by atoms with Gasteiger partial charge in [0, 0.05) is 19.6 Å². The molecule has 2 N–H and O–H groups in total. The number of amides is 2. The number of nitrogens with zero attached hydrogens (tertiary/aromatic N) is 1. The van der Waals surface area contributed by atoms with Crippen molar-refractivity contribution in [1.29, 1.82) is 0 Å². The average Bonchev–Trinajstić information content (AvgIpc) is 2.71. The number of hydrogen-bond acceptors (Lipinski definition) is 3. The van der Waals surface area contributed by atoms with Gasteiger partial charge in [0.15, 0.2) is 0 Å². The minimum Gasteiger partial charge on any atom is -0.489 e. The van der Waals surface area contributed by atoms with Crippen LogP contribution in [0.2, 0.25) is 0 Å². The Kier molecular flexibility index (Phi) is 6.30. The van der Waals surface area contributed by atoms with Crippen LogP contribution in [-0.4, -0.2) is 35.1 Å². The molecule has 6 nitrogen and oxygen atoms in total. The van der Waals surface area contributed by atoms with Crippen molar-refractivity contribution in [2.75, 3.05) is 13.1 Å². The van der Waals surface area contributed by atoms with Crippen molar-refractivity contribution in [2.24, 2.45) is 5.92 Å². The topological polar surface area (TPSA) is 78.9 Å². The lowest BCUT2D eigenvalue weighted by atomic mass is 9.97. The molecule has 0 atom stereocenters. The fraction of sp³-hybridized carbons (Fsp3) is 0.333. The number of nitrogens with one attached hydrogen (secondary N) is 1. The van der Waals surface area contributed by atoms with Gasteiger partial charge in [-0.2, -0.15) is 0 Å². The Balaban J connectivity index is 1.47. The summed E-state index contributed by atoms with van der Waals surface area (Å²) in [6, 6.07) is 17.4. The van der Waals surface area contributed by atoms with Gasteiger partial charge in [-0.05, 0) is 36.1 Å². The van der Waals surface area contributed by atoms with E-state index in [0.717, 1.165) is 16.9 Å². The maximum atomic E-state index is 12.3. The van der Waals surface area contributed by atoms with Gasteiger partial charge in [-0.1, -0.05) is 42.5 Å². The number of carbonyl (C=O) groups excluding carboxylic acids is 1. The molecule has 1 aliphatic rings. The lowest BCUT2D eigenvalue weighted by Crippen LogP contribution is -2.45. The predicted octanol–water partition coefficient (Wildman–Crippen LogP) is 3.27. The number of carboxylic acid groups (broad SMARTS) is 1. The summed E-state index contributed by atoms with van der Waals surface area (Å²) in [4.78, 5) is 25.0. The molecule has 1 saturated heterocycles. The lowest BCUT2D eigenvalue weighted by Gasteiger charge is -2.30. The van der Waals surface area contributed by atoms with Crippen molar-refractivity contribution in [2.45, 2.75) is 26.0 Å². The van der Waals surface area contributed by atoms with Crippen LogP contribution in [0.1, 0.15) is 24.0 Å². The second kappa shape index (κ2) is 9.07. The van der Waals surface area contributed by atoms with Crippen LogP contribution in [0.4, 0.5) is 4.79 Å². The molecule has 2 aromatic carbocycles. The molecule has 1 fully saturated rings. The number of aliphatic carboxylic acids is 1. The molecule has 1 aliphatic heterocycles. The van der Waals surface area contributed by atoms with Crippen molar-refractivity contribution >= 4 is 12.0 Å². The zero-order valence-electron chi connectivity index (χ0n) is 15.1. The number of urea groups is 1. The third-order valence-electron chi connectivity index (χ3n) is 4.72. The van der Waals surface area contributed by atoms with Crippen LogP contribution >= 0.6 is 0 Å². The molecule has 0 saturated carbocycles. The number of piperidine rings is 1. The maximum absolute atomic E-state index is 12.3. The largest absolute Gasteiger partial charge is 0.489 e. The van der Waals surface area contributed by atoms with E-state index >= 15 is 0 Å². The average molecular weight is 368 g/mol. The maximum Gasteiger partial charge on any atom is 0.317 e. The predicted molar refractivity (Wildman–Crippen MR) is 101 cm³/mol. The Labute approximate surface area is 158 Å². The summed E-state index contributed by atoms with van der Waals surface area (Å²) >= 11 is 0.